The van der Waals surface area contributed by atoms with E-state index in [4.69, 9.17) is 11.6 Å². The van der Waals surface area contributed by atoms with Gasteiger partial charge in [-0.25, -0.2) is 13.4 Å². The van der Waals surface area contributed by atoms with Gasteiger partial charge in [-0.2, -0.15) is 0 Å². The Bertz CT molecular complexity index is 1080. The molecule has 0 spiro atoms. The molecule has 0 saturated carbocycles. The summed E-state index contributed by atoms with van der Waals surface area (Å²) in [5.41, 5.74) is 3.54. The number of aromatic nitrogens is 1. The summed E-state index contributed by atoms with van der Waals surface area (Å²) in [6.07, 6.45) is 1.39. The molecule has 0 aliphatic carbocycles. The number of benzene rings is 2. The van der Waals surface area contributed by atoms with Crippen molar-refractivity contribution in [3.8, 4) is 0 Å². The SMILES string of the molecule is O=C(NNS(=O)(=O)/C=C/c1ccc(Cl)cc1)c1ccc2ccccc2n1. The minimum atomic E-state index is -3.86. The number of fused-ring (bicyclic) bond motifs is 1. The van der Waals surface area contributed by atoms with Gasteiger partial charge in [0.05, 0.1) is 5.52 Å². The summed E-state index contributed by atoms with van der Waals surface area (Å²) in [5.74, 6) is -0.653. The lowest BCUT2D eigenvalue weighted by Crippen LogP contribution is -2.40. The molecule has 1 aromatic heterocycles. The van der Waals surface area contributed by atoms with Gasteiger partial charge in [0.15, 0.2) is 0 Å². The fourth-order valence-electron chi connectivity index (χ4n) is 2.15. The fraction of sp³-hybridized carbons (Fsp3) is 0. The number of rotatable bonds is 5. The summed E-state index contributed by atoms with van der Waals surface area (Å²) in [4.78, 5) is 18.3. The molecule has 2 aromatic carbocycles. The van der Waals surface area contributed by atoms with Crippen LogP contribution in [-0.4, -0.2) is 19.3 Å². The average Bonchev–Trinajstić information content (AvgIpc) is 2.65. The van der Waals surface area contributed by atoms with Crippen LogP contribution in [0, 0.1) is 0 Å². The van der Waals surface area contributed by atoms with Gasteiger partial charge in [-0.05, 0) is 35.9 Å². The highest BCUT2D eigenvalue weighted by Crippen LogP contribution is 2.12. The number of pyridine rings is 1. The van der Waals surface area contributed by atoms with Crippen molar-refractivity contribution in [2.45, 2.75) is 0 Å². The van der Waals surface area contributed by atoms with E-state index in [1.807, 2.05) is 17.0 Å². The number of sulfonamides is 1. The summed E-state index contributed by atoms with van der Waals surface area (Å²) in [7, 11) is -3.86. The maximum absolute atomic E-state index is 12.1. The third kappa shape index (κ3) is 4.66. The number of nitrogens with one attached hydrogen (secondary N) is 2. The molecule has 0 unspecified atom stereocenters. The third-order valence-corrected chi connectivity index (χ3v) is 4.58. The van der Waals surface area contributed by atoms with Crippen LogP contribution in [0.25, 0.3) is 17.0 Å². The molecule has 0 bridgehead atoms. The lowest BCUT2D eigenvalue weighted by molar-refractivity contribution is 0.0940. The summed E-state index contributed by atoms with van der Waals surface area (Å²) < 4.78 is 23.9. The molecule has 3 rings (SSSR count). The molecule has 0 saturated heterocycles. The zero-order chi connectivity index (χ0) is 18.6. The first-order valence-corrected chi connectivity index (χ1v) is 9.47. The van der Waals surface area contributed by atoms with Crippen molar-refractivity contribution in [1.82, 2.24) is 15.2 Å². The Morgan fingerprint density at radius 2 is 1.73 bits per heavy atom. The molecule has 132 valence electrons. The first-order chi connectivity index (χ1) is 12.4. The number of hydrogen-bond acceptors (Lipinski definition) is 4. The van der Waals surface area contributed by atoms with Crippen molar-refractivity contribution in [3.63, 3.8) is 0 Å². The van der Waals surface area contributed by atoms with Crippen molar-refractivity contribution in [3.05, 3.63) is 82.4 Å². The molecular formula is C18H14ClN3O3S. The van der Waals surface area contributed by atoms with Gasteiger partial charge in [0, 0.05) is 15.8 Å². The number of halogens is 1. The minimum absolute atomic E-state index is 0.105. The van der Waals surface area contributed by atoms with E-state index in [1.165, 1.54) is 12.1 Å². The van der Waals surface area contributed by atoms with Gasteiger partial charge < -0.3 is 0 Å². The van der Waals surface area contributed by atoms with Crippen LogP contribution in [-0.2, 0) is 10.0 Å². The largest absolute Gasteiger partial charge is 0.284 e. The Morgan fingerprint density at radius 1 is 1.00 bits per heavy atom. The lowest BCUT2D eigenvalue weighted by atomic mass is 10.2. The fourth-order valence-corrected chi connectivity index (χ4v) is 2.92. The van der Waals surface area contributed by atoms with E-state index in [0.717, 1.165) is 10.8 Å². The molecule has 1 amide bonds. The van der Waals surface area contributed by atoms with Crippen molar-refractivity contribution in [1.29, 1.82) is 0 Å². The molecule has 0 aliphatic rings. The van der Waals surface area contributed by atoms with Crippen LogP contribution < -0.4 is 10.3 Å². The summed E-state index contributed by atoms with van der Waals surface area (Å²) in [6, 6.07) is 17.2. The molecule has 0 aliphatic heterocycles. The summed E-state index contributed by atoms with van der Waals surface area (Å²) in [5, 5.41) is 2.39. The highest BCUT2D eigenvalue weighted by atomic mass is 35.5. The molecule has 8 heteroatoms. The van der Waals surface area contributed by atoms with E-state index in [1.54, 1.807) is 42.5 Å². The van der Waals surface area contributed by atoms with Gasteiger partial charge >= 0.3 is 0 Å². The van der Waals surface area contributed by atoms with Crippen molar-refractivity contribution >= 4 is 44.5 Å². The highest BCUT2D eigenvalue weighted by molar-refractivity contribution is 7.92. The van der Waals surface area contributed by atoms with Crippen LogP contribution in [0.2, 0.25) is 5.02 Å². The smallest absolute Gasteiger partial charge is 0.272 e. The van der Waals surface area contributed by atoms with Crippen molar-refractivity contribution in [2.24, 2.45) is 0 Å². The molecule has 1 heterocycles. The topological polar surface area (TPSA) is 88.2 Å². The van der Waals surface area contributed by atoms with E-state index in [0.29, 0.717) is 16.1 Å². The first-order valence-electron chi connectivity index (χ1n) is 7.54. The molecule has 0 fully saturated rings. The zero-order valence-corrected chi connectivity index (χ0v) is 15.0. The Kier molecular flexibility index (Phi) is 5.32. The third-order valence-electron chi connectivity index (χ3n) is 3.45. The van der Waals surface area contributed by atoms with E-state index in [-0.39, 0.29) is 5.69 Å². The van der Waals surface area contributed by atoms with Gasteiger partial charge in [0.1, 0.15) is 5.69 Å². The molecule has 3 aromatic rings. The number of carbonyl (C=O) groups is 1. The lowest BCUT2D eigenvalue weighted by Gasteiger charge is -2.06. The normalized spacial score (nSPS) is 11.7. The van der Waals surface area contributed by atoms with Gasteiger partial charge in [-0.1, -0.05) is 48.0 Å². The number of hydrogen-bond donors (Lipinski definition) is 2. The molecule has 2 N–H and O–H groups in total. The Labute approximate surface area is 155 Å². The number of amides is 1. The Morgan fingerprint density at radius 3 is 2.50 bits per heavy atom. The predicted octanol–water partition coefficient (Wildman–Crippen LogP) is 3.12. The molecule has 26 heavy (non-hydrogen) atoms. The average molecular weight is 388 g/mol. The first kappa shape index (κ1) is 18.1. The standard InChI is InChI=1S/C18H14ClN3O3S/c19-15-8-5-13(6-9-15)11-12-26(24,25)22-21-18(23)17-10-7-14-3-1-2-4-16(14)20-17/h1-12,22H,(H,21,23)/b12-11+. The van der Waals surface area contributed by atoms with Crippen molar-refractivity contribution < 1.29 is 13.2 Å². The maximum atomic E-state index is 12.1. The molecular weight excluding hydrogens is 374 g/mol. The number of nitrogens with zero attached hydrogens (tertiary/aromatic N) is 1. The zero-order valence-electron chi connectivity index (χ0n) is 13.4. The summed E-state index contributed by atoms with van der Waals surface area (Å²) in [6.45, 7) is 0. The van der Waals surface area contributed by atoms with Crippen LogP contribution >= 0.6 is 11.6 Å². The number of para-hydroxylation sites is 1. The van der Waals surface area contributed by atoms with Crippen LogP contribution in [0.3, 0.4) is 0 Å². The summed E-state index contributed by atoms with van der Waals surface area (Å²) >= 11 is 5.77. The van der Waals surface area contributed by atoms with E-state index in [9.17, 15) is 13.2 Å². The molecule has 0 radical (unpaired) electrons. The van der Waals surface area contributed by atoms with E-state index in [2.05, 4.69) is 10.4 Å². The van der Waals surface area contributed by atoms with Crippen LogP contribution in [0.4, 0.5) is 0 Å². The second-order valence-electron chi connectivity index (χ2n) is 5.34. The Hall–Kier alpha value is -2.74. The van der Waals surface area contributed by atoms with Crippen molar-refractivity contribution in [2.75, 3.05) is 0 Å². The quantitative estimate of drug-likeness (QED) is 0.658. The van der Waals surface area contributed by atoms with Crippen LogP contribution in [0.15, 0.2) is 66.1 Å². The predicted molar refractivity (Wildman–Crippen MR) is 102 cm³/mol. The van der Waals surface area contributed by atoms with Crippen LogP contribution in [0.5, 0.6) is 0 Å². The van der Waals surface area contributed by atoms with E-state index >= 15 is 0 Å². The van der Waals surface area contributed by atoms with Gasteiger partial charge in [0.2, 0.25) is 0 Å². The van der Waals surface area contributed by atoms with E-state index < -0.39 is 15.9 Å². The van der Waals surface area contributed by atoms with Gasteiger partial charge in [-0.3, -0.25) is 10.2 Å². The maximum Gasteiger partial charge on any atom is 0.284 e. The highest BCUT2D eigenvalue weighted by Gasteiger charge is 2.11. The van der Waals surface area contributed by atoms with Gasteiger partial charge in [-0.15, -0.1) is 4.83 Å². The second kappa shape index (κ2) is 7.65. The van der Waals surface area contributed by atoms with Gasteiger partial charge in [0.25, 0.3) is 15.9 Å². The second-order valence-corrected chi connectivity index (χ2v) is 7.35. The monoisotopic (exact) mass is 387 g/mol. The molecule has 0 atom stereocenters. The van der Waals surface area contributed by atoms with Crippen LogP contribution in [0.1, 0.15) is 16.1 Å². The molecule has 6 nitrogen and oxygen atoms in total. The Balaban J connectivity index is 1.66. The number of hydrazine groups is 1. The minimum Gasteiger partial charge on any atom is -0.272 e. The number of carbonyl (C=O) groups excluding carboxylic acids is 1.